The SMILES string of the molecule is CC(C)(C)c1ccc(N(c2ccc(C(C)(C)C)cc2)c2ccc3c4c2c2oc5ccccc5c2n4B2c4ccc(C(C)(C)C)cc4N(c4ccc(C(C)(C)C)cc4-c4ccccc4)c4cc(C(C)(C)C)cc-3c42)cc1. The van der Waals surface area contributed by atoms with Crippen molar-refractivity contribution in [2.75, 3.05) is 9.80 Å². The molecule has 2 aromatic heterocycles. The Labute approximate surface area is 446 Å². The molecule has 0 saturated heterocycles. The Morgan fingerprint density at radius 3 is 1.53 bits per heavy atom. The van der Waals surface area contributed by atoms with Crippen molar-refractivity contribution in [2.45, 2.75) is 131 Å². The van der Waals surface area contributed by atoms with Gasteiger partial charge in [0.2, 0.25) is 0 Å². The standard InChI is InChI=1S/C70H72BN3O/c1-66(2,3)44-25-31-49(32-26-44)72(50-33-27-45(28-34-50)67(4,5)6)57-38-35-51-54-40-48(70(13,14)15)42-59-62(54)71(74-63(51)61(57)65-64(74)52-23-19-20-24-60(52)75-65)55-36-29-47(69(10,11)12)41-58(55)73(59)56-37-30-46(68(7,8)9)39-53(56)43-21-17-16-18-22-43/h16-42H,1-15H3. The fourth-order valence-corrected chi connectivity index (χ4v) is 12.0. The Balaban J connectivity index is 1.23. The number of aromatic nitrogens is 1. The highest BCUT2D eigenvalue weighted by Crippen LogP contribution is 2.54. The molecule has 75 heavy (non-hydrogen) atoms. The predicted molar refractivity (Wildman–Crippen MR) is 323 cm³/mol. The van der Waals surface area contributed by atoms with Crippen LogP contribution in [0.3, 0.4) is 0 Å². The lowest BCUT2D eigenvalue weighted by atomic mass is 9.44. The number of rotatable bonds is 5. The van der Waals surface area contributed by atoms with E-state index in [1.165, 1.54) is 83.6 Å². The highest BCUT2D eigenvalue weighted by molar-refractivity contribution is 6.90. The fourth-order valence-electron chi connectivity index (χ4n) is 12.0. The van der Waals surface area contributed by atoms with E-state index in [1.807, 2.05) is 0 Å². The largest absolute Gasteiger partial charge is 0.454 e. The van der Waals surface area contributed by atoms with E-state index in [0.29, 0.717) is 0 Å². The minimum atomic E-state index is -0.173. The predicted octanol–water partition coefficient (Wildman–Crippen LogP) is 18.6. The molecule has 0 aliphatic carbocycles. The third-order valence-electron chi connectivity index (χ3n) is 16.4. The number of furan rings is 1. The van der Waals surface area contributed by atoms with E-state index >= 15 is 0 Å². The van der Waals surface area contributed by atoms with E-state index in [1.54, 1.807) is 0 Å². The topological polar surface area (TPSA) is 24.6 Å². The van der Waals surface area contributed by atoms with Gasteiger partial charge < -0.3 is 18.7 Å². The molecule has 8 aromatic carbocycles. The van der Waals surface area contributed by atoms with Crippen LogP contribution in [0.25, 0.3) is 55.2 Å². The van der Waals surface area contributed by atoms with Gasteiger partial charge in [-0.1, -0.05) is 201 Å². The Bertz CT molecular complexity index is 3840. The Morgan fingerprint density at radius 2 is 0.933 bits per heavy atom. The average Bonchev–Trinajstić information content (AvgIpc) is 3.91. The Hall–Kier alpha value is -7.24. The average molecular weight is 982 g/mol. The molecule has 0 fully saturated rings. The first kappa shape index (κ1) is 48.7. The lowest BCUT2D eigenvalue weighted by molar-refractivity contribution is 0.589. The van der Waals surface area contributed by atoms with Gasteiger partial charge in [0, 0.05) is 39.3 Å². The third-order valence-corrected chi connectivity index (χ3v) is 16.4. The summed E-state index contributed by atoms with van der Waals surface area (Å²) < 4.78 is 10.0. The van der Waals surface area contributed by atoms with E-state index in [4.69, 9.17) is 4.42 Å². The molecule has 0 amide bonds. The maximum absolute atomic E-state index is 7.33. The van der Waals surface area contributed by atoms with Gasteiger partial charge in [-0.15, -0.1) is 0 Å². The summed E-state index contributed by atoms with van der Waals surface area (Å²) in [5, 5.41) is 2.23. The number of fused-ring (bicyclic) bond motifs is 9. The van der Waals surface area contributed by atoms with E-state index in [9.17, 15) is 0 Å². The van der Waals surface area contributed by atoms with Crippen molar-refractivity contribution in [1.82, 2.24) is 4.48 Å². The molecular weight excluding hydrogens is 910 g/mol. The van der Waals surface area contributed by atoms with Crippen LogP contribution in [0.2, 0.25) is 0 Å². The molecule has 0 saturated carbocycles. The van der Waals surface area contributed by atoms with Crippen LogP contribution < -0.4 is 20.7 Å². The van der Waals surface area contributed by atoms with Crippen LogP contribution >= 0.6 is 0 Å². The summed E-state index contributed by atoms with van der Waals surface area (Å²) in [5.74, 6) is 0. The zero-order chi connectivity index (χ0) is 52.9. The summed E-state index contributed by atoms with van der Waals surface area (Å²) in [5.41, 5.74) is 24.8. The molecular formula is C70H72BN3O. The summed E-state index contributed by atoms with van der Waals surface area (Å²) in [6.45, 7) is 34.6. The van der Waals surface area contributed by atoms with Crippen molar-refractivity contribution < 1.29 is 4.42 Å². The van der Waals surface area contributed by atoms with Crippen molar-refractivity contribution in [2.24, 2.45) is 0 Å². The number of nitrogens with zero attached hydrogens (tertiary/aromatic N) is 3. The van der Waals surface area contributed by atoms with Gasteiger partial charge >= 0.3 is 6.85 Å². The van der Waals surface area contributed by atoms with E-state index in [0.717, 1.165) is 44.5 Å². The molecule has 5 heteroatoms. The number of hydrogen-bond acceptors (Lipinski definition) is 3. The molecule has 4 heterocycles. The number of anilines is 6. The summed E-state index contributed by atoms with van der Waals surface area (Å²) in [6, 6.07) is 62.6. The Kier molecular flexibility index (Phi) is 10.8. The molecule has 376 valence electrons. The fraction of sp³-hybridized carbons (Fsp3) is 0.286. The molecule has 0 bridgehead atoms. The second-order valence-electron chi connectivity index (χ2n) is 26.7. The molecule has 0 atom stereocenters. The van der Waals surface area contributed by atoms with E-state index < -0.39 is 0 Å². The van der Waals surface area contributed by atoms with Crippen molar-refractivity contribution in [1.29, 1.82) is 0 Å². The molecule has 0 unspecified atom stereocenters. The zero-order valence-electron chi connectivity index (χ0n) is 46.9. The lowest BCUT2D eigenvalue weighted by Crippen LogP contribution is -2.57. The monoisotopic (exact) mass is 982 g/mol. The van der Waals surface area contributed by atoms with Crippen molar-refractivity contribution in [3.05, 3.63) is 192 Å². The van der Waals surface area contributed by atoms with Gasteiger partial charge in [0.25, 0.3) is 0 Å². The van der Waals surface area contributed by atoms with Crippen LogP contribution in [-0.2, 0) is 27.1 Å². The highest BCUT2D eigenvalue weighted by atomic mass is 16.3. The van der Waals surface area contributed by atoms with Crippen LogP contribution in [0, 0.1) is 0 Å². The van der Waals surface area contributed by atoms with Crippen LogP contribution in [-0.4, -0.2) is 11.3 Å². The summed E-state index contributed by atoms with van der Waals surface area (Å²) >= 11 is 0. The van der Waals surface area contributed by atoms with Gasteiger partial charge in [-0.25, -0.2) is 0 Å². The first-order valence-electron chi connectivity index (χ1n) is 27.2. The van der Waals surface area contributed by atoms with E-state index in [2.05, 4.69) is 282 Å². The van der Waals surface area contributed by atoms with Crippen LogP contribution in [0.5, 0.6) is 0 Å². The first-order valence-corrected chi connectivity index (χ1v) is 27.2. The zero-order valence-corrected chi connectivity index (χ0v) is 46.9. The number of hydrogen-bond donors (Lipinski definition) is 0. The molecule has 0 radical (unpaired) electrons. The normalized spacial score (nSPS) is 13.7. The van der Waals surface area contributed by atoms with Gasteiger partial charge in [0.1, 0.15) is 5.58 Å². The van der Waals surface area contributed by atoms with Gasteiger partial charge in [0.15, 0.2) is 5.58 Å². The van der Waals surface area contributed by atoms with Gasteiger partial charge in [-0.3, -0.25) is 0 Å². The van der Waals surface area contributed by atoms with Crippen molar-refractivity contribution in [3.8, 4) is 22.3 Å². The third kappa shape index (κ3) is 7.86. The number of para-hydroxylation sites is 1. The maximum atomic E-state index is 7.33. The van der Waals surface area contributed by atoms with Crippen molar-refractivity contribution >= 4 is 84.9 Å². The number of benzene rings is 8. The first-order chi connectivity index (χ1) is 35.4. The van der Waals surface area contributed by atoms with Gasteiger partial charge in [0.05, 0.1) is 27.8 Å². The smallest absolute Gasteiger partial charge is 0.333 e. The summed E-state index contributed by atoms with van der Waals surface area (Å²) in [6.07, 6.45) is 0. The van der Waals surface area contributed by atoms with Gasteiger partial charge in [-0.05, 0) is 144 Å². The quantitative estimate of drug-likeness (QED) is 0.161. The van der Waals surface area contributed by atoms with Crippen LogP contribution in [0.15, 0.2) is 168 Å². The second-order valence-corrected chi connectivity index (χ2v) is 26.7. The highest BCUT2D eigenvalue weighted by Gasteiger charge is 2.46. The molecule has 4 nitrogen and oxygen atoms in total. The summed E-state index contributed by atoms with van der Waals surface area (Å²) in [4.78, 5) is 5.11. The molecule has 12 rings (SSSR count). The van der Waals surface area contributed by atoms with E-state index in [-0.39, 0.29) is 33.9 Å². The van der Waals surface area contributed by atoms with Crippen LogP contribution in [0.1, 0.15) is 132 Å². The minimum Gasteiger partial charge on any atom is -0.454 e. The minimum absolute atomic E-state index is 0.0119. The van der Waals surface area contributed by atoms with Crippen LogP contribution in [0.4, 0.5) is 34.1 Å². The molecule has 10 aromatic rings. The lowest BCUT2D eigenvalue weighted by Gasteiger charge is -2.43. The molecule has 2 aliphatic heterocycles. The van der Waals surface area contributed by atoms with Gasteiger partial charge in [-0.2, -0.15) is 0 Å². The second kappa shape index (κ2) is 16.6. The Morgan fingerprint density at radius 1 is 0.413 bits per heavy atom. The molecule has 0 N–H and O–H groups in total. The molecule has 0 spiro atoms. The molecule has 2 aliphatic rings. The van der Waals surface area contributed by atoms with Crippen molar-refractivity contribution in [3.63, 3.8) is 0 Å². The summed E-state index contributed by atoms with van der Waals surface area (Å²) in [7, 11) is 0. The maximum Gasteiger partial charge on any atom is 0.333 e.